The van der Waals surface area contributed by atoms with Crippen molar-refractivity contribution in [3.63, 3.8) is 0 Å². The summed E-state index contributed by atoms with van der Waals surface area (Å²) in [6.45, 7) is 3.51. The Bertz CT molecular complexity index is 934. The minimum Gasteiger partial charge on any atom is -0.481 e. The Morgan fingerprint density at radius 2 is 1.81 bits per heavy atom. The van der Waals surface area contributed by atoms with Crippen molar-refractivity contribution in [3.8, 4) is 11.1 Å². The number of rotatable bonds is 6. The maximum Gasteiger partial charge on any atom is 0.303 e. The van der Waals surface area contributed by atoms with E-state index in [9.17, 15) is 4.79 Å². The van der Waals surface area contributed by atoms with Crippen LogP contribution in [0, 0.1) is 0 Å². The highest BCUT2D eigenvalue weighted by Crippen LogP contribution is 2.26. The molecule has 0 saturated heterocycles. The molecule has 0 aliphatic carbocycles. The van der Waals surface area contributed by atoms with Crippen molar-refractivity contribution in [3.05, 3.63) is 77.6 Å². The van der Waals surface area contributed by atoms with Gasteiger partial charge in [0.1, 0.15) is 0 Å². The molecule has 2 aromatic carbocycles. The predicted molar refractivity (Wildman–Crippen MR) is 104 cm³/mol. The van der Waals surface area contributed by atoms with Gasteiger partial charge in [0, 0.05) is 26.1 Å². The minimum atomic E-state index is -0.778. The first-order chi connectivity index (χ1) is 13.2. The molecular formula is C22H23N3O2. The summed E-state index contributed by atoms with van der Waals surface area (Å²) in [6.07, 6.45) is 0.622. The van der Waals surface area contributed by atoms with E-state index in [1.54, 1.807) is 0 Å². The fourth-order valence-electron chi connectivity index (χ4n) is 3.67. The van der Waals surface area contributed by atoms with Gasteiger partial charge in [0.25, 0.3) is 0 Å². The van der Waals surface area contributed by atoms with Crippen LogP contribution < -0.4 is 0 Å². The van der Waals surface area contributed by atoms with Crippen LogP contribution >= 0.6 is 0 Å². The average molecular weight is 361 g/mol. The Morgan fingerprint density at radius 1 is 1.04 bits per heavy atom. The van der Waals surface area contributed by atoms with Gasteiger partial charge in [0.15, 0.2) is 0 Å². The average Bonchev–Trinajstić information content (AvgIpc) is 3.10. The number of nitrogens with zero attached hydrogens (tertiary/aromatic N) is 3. The Kier molecular flexibility index (Phi) is 5.03. The van der Waals surface area contributed by atoms with E-state index < -0.39 is 5.97 Å². The van der Waals surface area contributed by atoms with Crippen molar-refractivity contribution < 1.29 is 9.90 Å². The lowest BCUT2D eigenvalue weighted by molar-refractivity contribution is -0.136. The van der Waals surface area contributed by atoms with Crippen LogP contribution in [-0.4, -0.2) is 32.3 Å². The van der Waals surface area contributed by atoms with Gasteiger partial charge in [-0.15, -0.1) is 0 Å². The number of carboxylic acids is 1. The molecule has 1 aromatic heterocycles. The predicted octanol–water partition coefficient (Wildman–Crippen LogP) is 3.58. The lowest BCUT2D eigenvalue weighted by Gasteiger charge is -2.28. The summed E-state index contributed by atoms with van der Waals surface area (Å²) in [5, 5.41) is 13.4. The fraction of sp³-hybridized carbons (Fsp3) is 0.273. The van der Waals surface area contributed by atoms with Gasteiger partial charge in [0.2, 0.25) is 0 Å². The second kappa shape index (κ2) is 7.76. The molecule has 0 fully saturated rings. The van der Waals surface area contributed by atoms with Crippen LogP contribution in [0.2, 0.25) is 0 Å². The smallest absolute Gasteiger partial charge is 0.303 e. The van der Waals surface area contributed by atoms with E-state index in [-0.39, 0.29) is 6.42 Å². The third-order valence-electron chi connectivity index (χ3n) is 5.02. The van der Waals surface area contributed by atoms with E-state index in [1.165, 1.54) is 22.4 Å². The standard InChI is InChI=1S/C22H23N3O2/c26-22(27)11-10-19-14-20-16-24(12-13-25(20)23-19)15-18-8-4-5-9-21(18)17-6-2-1-3-7-17/h1-9,14H,10-13,15-16H2,(H,26,27). The van der Waals surface area contributed by atoms with Crippen LogP contribution in [0.1, 0.15) is 23.4 Å². The van der Waals surface area contributed by atoms with Gasteiger partial charge in [0.05, 0.1) is 24.4 Å². The highest BCUT2D eigenvalue weighted by molar-refractivity contribution is 5.67. The second-order valence-electron chi connectivity index (χ2n) is 6.98. The molecule has 0 amide bonds. The third kappa shape index (κ3) is 4.09. The van der Waals surface area contributed by atoms with Crippen molar-refractivity contribution in [2.24, 2.45) is 0 Å². The van der Waals surface area contributed by atoms with Crippen molar-refractivity contribution in [1.82, 2.24) is 14.7 Å². The molecule has 1 N–H and O–H groups in total. The molecule has 1 aliphatic heterocycles. The van der Waals surface area contributed by atoms with Crippen molar-refractivity contribution in [2.75, 3.05) is 6.54 Å². The summed E-state index contributed by atoms with van der Waals surface area (Å²) >= 11 is 0. The highest BCUT2D eigenvalue weighted by atomic mass is 16.4. The summed E-state index contributed by atoms with van der Waals surface area (Å²) < 4.78 is 2.02. The monoisotopic (exact) mass is 361 g/mol. The molecule has 0 radical (unpaired) electrons. The first kappa shape index (κ1) is 17.5. The molecule has 138 valence electrons. The molecule has 0 saturated carbocycles. The summed E-state index contributed by atoms with van der Waals surface area (Å²) in [7, 11) is 0. The summed E-state index contributed by atoms with van der Waals surface area (Å²) in [6, 6.07) is 21.1. The molecule has 1 aliphatic rings. The van der Waals surface area contributed by atoms with Crippen LogP contribution in [0.15, 0.2) is 60.7 Å². The lowest BCUT2D eigenvalue weighted by Crippen LogP contribution is -2.33. The third-order valence-corrected chi connectivity index (χ3v) is 5.02. The number of aliphatic carboxylic acids is 1. The molecule has 3 aromatic rings. The minimum absolute atomic E-state index is 0.130. The van der Waals surface area contributed by atoms with Gasteiger partial charge in [-0.3, -0.25) is 14.4 Å². The molecule has 27 heavy (non-hydrogen) atoms. The first-order valence-electron chi connectivity index (χ1n) is 9.32. The van der Waals surface area contributed by atoms with E-state index in [0.29, 0.717) is 6.42 Å². The quantitative estimate of drug-likeness (QED) is 0.729. The van der Waals surface area contributed by atoms with E-state index in [2.05, 4.69) is 64.6 Å². The van der Waals surface area contributed by atoms with Gasteiger partial charge < -0.3 is 5.11 Å². The van der Waals surface area contributed by atoms with Crippen LogP contribution in [0.25, 0.3) is 11.1 Å². The summed E-state index contributed by atoms with van der Waals surface area (Å²) in [5.41, 5.74) is 5.88. The second-order valence-corrected chi connectivity index (χ2v) is 6.98. The van der Waals surface area contributed by atoms with Crippen LogP contribution in [0.5, 0.6) is 0 Å². The van der Waals surface area contributed by atoms with E-state index >= 15 is 0 Å². The van der Waals surface area contributed by atoms with Gasteiger partial charge in [-0.05, 0) is 22.8 Å². The molecule has 2 heterocycles. The van der Waals surface area contributed by atoms with Crippen LogP contribution in [0.4, 0.5) is 0 Å². The summed E-state index contributed by atoms with van der Waals surface area (Å²) in [4.78, 5) is 13.2. The number of aromatic nitrogens is 2. The summed E-state index contributed by atoms with van der Waals surface area (Å²) in [5.74, 6) is -0.778. The molecule has 0 unspecified atom stereocenters. The maximum atomic E-state index is 10.8. The van der Waals surface area contributed by atoms with Crippen LogP contribution in [0.3, 0.4) is 0 Å². The molecular weight excluding hydrogens is 338 g/mol. The largest absolute Gasteiger partial charge is 0.481 e. The molecule has 5 heteroatoms. The molecule has 0 bridgehead atoms. The fourth-order valence-corrected chi connectivity index (χ4v) is 3.67. The van der Waals surface area contributed by atoms with E-state index in [0.717, 1.165) is 31.9 Å². The number of carbonyl (C=O) groups is 1. The zero-order valence-corrected chi connectivity index (χ0v) is 15.2. The van der Waals surface area contributed by atoms with E-state index in [4.69, 9.17) is 5.11 Å². The number of hydrogen-bond donors (Lipinski definition) is 1. The lowest BCUT2D eigenvalue weighted by atomic mass is 9.99. The van der Waals surface area contributed by atoms with Crippen LogP contribution in [-0.2, 0) is 30.8 Å². The molecule has 0 spiro atoms. The Labute approximate surface area is 158 Å². The highest BCUT2D eigenvalue weighted by Gasteiger charge is 2.19. The number of aryl methyl sites for hydroxylation is 1. The van der Waals surface area contributed by atoms with Gasteiger partial charge in [-0.1, -0.05) is 54.6 Å². The van der Waals surface area contributed by atoms with Crippen molar-refractivity contribution in [2.45, 2.75) is 32.5 Å². The topological polar surface area (TPSA) is 58.4 Å². The van der Waals surface area contributed by atoms with Gasteiger partial charge in [-0.25, -0.2) is 0 Å². The number of hydrogen-bond acceptors (Lipinski definition) is 3. The molecule has 4 rings (SSSR count). The Balaban J connectivity index is 1.49. The Hall–Kier alpha value is -2.92. The van der Waals surface area contributed by atoms with Gasteiger partial charge >= 0.3 is 5.97 Å². The van der Waals surface area contributed by atoms with Crippen molar-refractivity contribution in [1.29, 1.82) is 0 Å². The normalized spacial score (nSPS) is 14.1. The zero-order chi connectivity index (χ0) is 18.6. The number of fused-ring (bicyclic) bond motifs is 1. The van der Waals surface area contributed by atoms with E-state index in [1.807, 2.05) is 10.7 Å². The Morgan fingerprint density at radius 3 is 2.63 bits per heavy atom. The maximum absolute atomic E-state index is 10.8. The number of benzene rings is 2. The SMILES string of the molecule is O=C(O)CCc1cc2n(n1)CCN(Cc1ccccc1-c1ccccc1)C2. The number of carboxylic acid groups (broad SMARTS) is 1. The first-order valence-corrected chi connectivity index (χ1v) is 9.32. The van der Waals surface area contributed by atoms with Crippen molar-refractivity contribution >= 4 is 5.97 Å². The van der Waals surface area contributed by atoms with Gasteiger partial charge in [-0.2, -0.15) is 5.10 Å². The molecule has 5 nitrogen and oxygen atoms in total. The molecule has 0 atom stereocenters. The zero-order valence-electron chi connectivity index (χ0n) is 15.2.